The van der Waals surface area contributed by atoms with E-state index in [0.717, 1.165) is 99.5 Å². The number of nitrogens with zero attached hydrogens (tertiary/aromatic N) is 1. The quantitative estimate of drug-likeness (QED) is 0.197. The van der Waals surface area contributed by atoms with Gasteiger partial charge in [-0.25, -0.2) is 4.99 Å². The maximum Gasteiger partial charge on any atom is 0.136 e. The summed E-state index contributed by atoms with van der Waals surface area (Å²) >= 11 is 0. The van der Waals surface area contributed by atoms with E-state index in [4.69, 9.17) is 18.2 Å². The molecule has 11 rings (SSSR count). The van der Waals surface area contributed by atoms with Gasteiger partial charge in [-0.2, -0.15) is 0 Å². The van der Waals surface area contributed by atoms with Crippen LogP contribution < -0.4 is 10.6 Å². The zero-order valence-electron chi connectivity index (χ0n) is 27.3. The van der Waals surface area contributed by atoms with Gasteiger partial charge in [0.2, 0.25) is 0 Å². The van der Waals surface area contributed by atoms with Gasteiger partial charge >= 0.3 is 0 Å². The molecule has 4 heterocycles. The number of aliphatic imine (C=N–C) groups is 1. The van der Waals surface area contributed by atoms with Gasteiger partial charge in [0, 0.05) is 37.9 Å². The first-order chi connectivity index (χ1) is 25.2. The summed E-state index contributed by atoms with van der Waals surface area (Å²) in [5, 5.41) is 14.0. The monoisotopic (exact) mass is 659 g/mol. The van der Waals surface area contributed by atoms with Crippen LogP contribution in [0.2, 0.25) is 0 Å². The summed E-state index contributed by atoms with van der Waals surface area (Å²) in [5.41, 5.74) is 10.5. The highest BCUT2D eigenvalue weighted by Crippen LogP contribution is 2.39. The van der Waals surface area contributed by atoms with Crippen LogP contribution in [0, 0.1) is 0 Å². The van der Waals surface area contributed by atoms with Crippen LogP contribution >= 0.6 is 0 Å². The molecule has 51 heavy (non-hydrogen) atoms. The minimum Gasteiger partial charge on any atom is -0.456 e. The Morgan fingerprint density at radius 1 is 0.431 bits per heavy atom. The Balaban J connectivity index is 1.01. The van der Waals surface area contributed by atoms with Crippen LogP contribution in [-0.4, -0.2) is 5.84 Å². The molecule has 7 aromatic carbocycles. The molecule has 242 valence electrons. The normalized spacial score (nSPS) is 16.4. The fourth-order valence-corrected chi connectivity index (χ4v) is 7.71. The summed E-state index contributed by atoms with van der Waals surface area (Å²) in [7, 11) is 0. The minimum absolute atomic E-state index is 0.161. The third kappa shape index (κ3) is 4.50. The number of para-hydroxylation sites is 2. The van der Waals surface area contributed by atoms with Crippen LogP contribution in [0.4, 0.5) is 0 Å². The predicted molar refractivity (Wildman–Crippen MR) is 205 cm³/mol. The van der Waals surface area contributed by atoms with E-state index in [1.807, 2.05) is 42.5 Å². The highest BCUT2D eigenvalue weighted by molar-refractivity contribution is 6.14. The van der Waals surface area contributed by atoms with Crippen molar-refractivity contribution in [1.29, 1.82) is 0 Å². The summed E-state index contributed by atoms with van der Waals surface area (Å²) in [5.74, 6) is 0.791. The van der Waals surface area contributed by atoms with Crippen molar-refractivity contribution in [2.24, 2.45) is 4.99 Å². The lowest BCUT2D eigenvalue weighted by atomic mass is 9.98. The van der Waals surface area contributed by atoms with Gasteiger partial charge in [-0.3, -0.25) is 5.32 Å². The lowest BCUT2D eigenvalue weighted by molar-refractivity contribution is 0.409. The second-order valence-electron chi connectivity index (χ2n) is 13.2. The third-order valence-corrected chi connectivity index (χ3v) is 10.2. The Bertz CT molecular complexity index is 3000. The molecule has 2 N–H and O–H groups in total. The lowest BCUT2D eigenvalue weighted by Gasteiger charge is -2.32. The molecule has 0 saturated carbocycles. The molecule has 2 atom stereocenters. The van der Waals surface area contributed by atoms with Crippen molar-refractivity contribution in [2.75, 3.05) is 0 Å². The molecule has 0 amide bonds. The smallest absolute Gasteiger partial charge is 0.136 e. The van der Waals surface area contributed by atoms with Crippen LogP contribution in [0.25, 0.3) is 76.9 Å². The summed E-state index contributed by atoms with van der Waals surface area (Å²) in [4.78, 5) is 5.22. The van der Waals surface area contributed by atoms with Crippen molar-refractivity contribution in [2.45, 2.75) is 12.3 Å². The molecule has 1 aliphatic rings. The fourth-order valence-electron chi connectivity index (χ4n) is 7.71. The molecule has 1 aliphatic heterocycles. The first-order valence-electron chi connectivity index (χ1n) is 17.2. The molecule has 3 aromatic heterocycles. The SMILES string of the molecule is c1ccc(C2NC(c3ccc4c(c3)oc3ccc(-c5cccc6oc7ccccc7c56)cc34)=NC(c3ccc4c(c3)oc3ccccc34)N2)cc1. The maximum absolute atomic E-state index is 6.49. The van der Waals surface area contributed by atoms with Crippen LogP contribution in [0.5, 0.6) is 0 Å². The number of hydrogen-bond donors (Lipinski definition) is 2. The lowest BCUT2D eigenvalue weighted by Crippen LogP contribution is -2.44. The molecule has 0 radical (unpaired) electrons. The molecule has 0 spiro atoms. The molecular weight excluding hydrogens is 631 g/mol. The van der Waals surface area contributed by atoms with E-state index in [2.05, 4.69) is 120 Å². The van der Waals surface area contributed by atoms with E-state index < -0.39 is 0 Å². The molecule has 0 aliphatic carbocycles. The topological polar surface area (TPSA) is 75.8 Å². The third-order valence-electron chi connectivity index (χ3n) is 10.2. The van der Waals surface area contributed by atoms with E-state index in [1.54, 1.807) is 0 Å². The predicted octanol–water partition coefficient (Wildman–Crippen LogP) is 11.4. The standard InChI is InChI=1S/C45H29N3O3/c1-2-9-26(10-3-1)43-46-44(28-17-20-32-31-11-4-6-14-36(31)50-40(32)24-28)48-45(47-43)29-18-21-33-35-23-27(19-22-38(35)51-41(33)25-29)30-13-8-16-39-42(30)34-12-5-7-15-37(34)49-39/h1-25,43-44,46H,(H,47,48). The number of rotatable bonds is 4. The van der Waals surface area contributed by atoms with Crippen LogP contribution in [-0.2, 0) is 0 Å². The van der Waals surface area contributed by atoms with E-state index in [0.29, 0.717) is 0 Å². The number of amidine groups is 1. The minimum atomic E-state index is -0.306. The van der Waals surface area contributed by atoms with Crippen LogP contribution in [0.15, 0.2) is 170 Å². The first kappa shape index (κ1) is 28.2. The number of fused-ring (bicyclic) bond motifs is 9. The van der Waals surface area contributed by atoms with Gasteiger partial charge in [0.15, 0.2) is 0 Å². The molecule has 6 heteroatoms. The summed E-state index contributed by atoms with van der Waals surface area (Å²) in [6.45, 7) is 0. The largest absolute Gasteiger partial charge is 0.456 e. The molecule has 6 nitrogen and oxygen atoms in total. The molecule has 10 aromatic rings. The van der Waals surface area contributed by atoms with Crippen molar-refractivity contribution < 1.29 is 13.3 Å². The number of furan rings is 3. The van der Waals surface area contributed by atoms with E-state index in [9.17, 15) is 0 Å². The molecule has 2 unspecified atom stereocenters. The zero-order valence-corrected chi connectivity index (χ0v) is 27.3. The van der Waals surface area contributed by atoms with Crippen molar-refractivity contribution >= 4 is 71.7 Å². The average Bonchev–Trinajstić information content (AvgIpc) is 3.88. The van der Waals surface area contributed by atoms with E-state index in [1.165, 1.54) is 0 Å². The summed E-state index contributed by atoms with van der Waals surface area (Å²) in [6.07, 6.45) is -0.467. The Kier molecular flexibility index (Phi) is 6.05. The van der Waals surface area contributed by atoms with Gasteiger partial charge in [-0.15, -0.1) is 0 Å². The Morgan fingerprint density at radius 3 is 1.96 bits per heavy atom. The number of nitrogens with one attached hydrogen (secondary N) is 2. The Hall–Kier alpha value is -6.63. The van der Waals surface area contributed by atoms with Crippen LogP contribution in [0.1, 0.15) is 29.0 Å². The van der Waals surface area contributed by atoms with Gasteiger partial charge in [0.1, 0.15) is 51.7 Å². The Labute approximate surface area is 291 Å². The van der Waals surface area contributed by atoms with Crippen molar-refractivity contribution in [1.82, 2.24) is 10.6 Å². The number of benzene rings is 7. The molecule has 0 saturated heterocycles. The second-order valence-corrected chi connectivity index (χ2v) is 13.2. The molecule has 0 fully saturated rings. The van der Waals surface area contributed by atoms with Crippen molar-refractivity contribution in [3.8, 4) is 11.1 Å². The van der Waals surface area contributed by atoms with Crippen LogP contribution in [0.3, 0.4) is 0 Å². The Morgan fingerprint density at radius 2 is 1.08 bits per heavy atom. The summed E-state index contributed by atoms with van der Waals surface area (Å²) < 4.78 is 18.9. The molecule has 0 bridgehead atoms. The van der Waals surface area contributed by atoms with Crippen molar-refractivity contribution in [3.63, 3.8) is 0 Å². The fraction of sp³-hybridized carbons (Fsp3) is 0.0444. The van der Waals surface area contributed by atoms with Gasteiger partial charge in [-0.1, -0.05) is 103 Å². The first-order valence-corrected chi connectivity index (χ1v) is 17.2. The number of hydrogen-bond acceptors (Lipinski definition) is 6. The van der Waals surface area contributed by atoms with E-state index in [-0.39, 0.29) is 12.3 Å². The van der Waals surface area contributed by atoms with Crippen molar-refractivity contribution in [3.05, 3.63) is 168 Å². The van der Waals surface area contributed by atoms with Gasteiger partial charge < -0.3 is 18.6 Å². The zero-order chi connectivity index (χ0) is 33.5. The average molecular weight is 660 g/mol. The highest BCUT2D eigenvalue weighted by atomic mass is 16.3. The van der Waals surface area contributed by atoms with Gasteiger partial charge in [0.05, 0.1) is 0 Å². The summed E-state index contributed by atoms with van der Waals surface area (Å²) in [6, 6.07) is 52.2. The van der Waals surface area contributed by atoms with Gasteiger partial charge in [-0.05, 0) is 70.8 Å². The van der Waals surface area contributed by atoms with Gasteiger partial charge in [0.25, 0.3) is 0 Å². The second kappa shape index (κ2) is 10.9. The highest BCUT2D eigenvalue weighted by Gasteiger charge is 2.26. The maximum atomic E-state index is 6.49. The molecular formula is C45H29N3O3. The van der Waals surface area contributed by atoms with E-state index >= 15 is 0 Å².